The molecule has 0 atom stereocenters. The molecule has 0 aromatic heterocycles. The average molecular weight is 394 g/mol. The van der Waals surface area contributed by atoms with E-state index in [9.17, 15) is 4.79 Å². The number of hydrogen-bond donors (Lipinski definition) is 0. The number of ether oxygens (including phenoxy) is 1. The van der Waals surface area contributed by atoms with Gasteiger partial charge in [0.05, 0.1) is 18.1 Å². The van der Waals surface area contributed by atoms with E-state index in [0.29, 0.717) is 25.4 Å². The monoisotopic (exact) mass is 393 g/mol. The number of nitrogens with zero attached hydrogens (tertiary/aromatic N) is 1. The number of aliphatic imine (C=N–C) groups is 1. The SMILES string of the molecule is CC1=C(Cc2ccc(OCC(C)C)cc2)C(=O)CC(SCc2ccccc2)=N1. The van der Waals surface area contributed by atoms with Gasteiger partial charge in [0.1, 0.15) is 5.75 Å². The number of carbonyl (C=O) groups excluding carboxylic acids is 1. The lowest BCUT2D eigenvalue weighted by atomic mass is 9.97. The Bertz CT molecular complexity index is 867. The van der Waals surface area contributed by atoms with Crippen molar-refractivity contribution in [3.8, 4) is 5.75 Å². The number of thioether (sulfide) groups is 1. The molecule has 0 unspecified atom stereocenters. The standard InChI is InChI=1S/C24H27NO2S/c1-17(2)15-27-21-11-9-19(10-12-21)13-22-18(3)25-24(14-23(22)26)28-16-20-7-5-4-6-8-20/h4-12,17H,13-16H2,1-3H3. The zero-order valence-electron chi connectivity index (χ0n) is 16.8. The van der Waals surface area contributed by atoms with Gasteiger partial charge in [-0.3, -0.25) is 9.79 Å². The number of hydrogen-bond acceptors (Lipinski definition) is 4. The fourth-order valence-electron chi connectivity index (χ4n) is 2.96. The van der Waals surface area contributed by atoms with Crippen molar-refractivity contribution in [3.05, 3.63) is 77.0 Å². The van der Waals surface area contributed by atoms with Crippen LogP contribution in [0.3, 0.4) is 0 Å². The molecule has 2 aromatic rings. The van der Waals surface area contributed by atoms with Crippen molar-refractivity contribution >= 4 is 22.6 Å². The Morgan fingerprint density at radius 3 is 2.39 bits per heavy atom. The van der Waals surface area contributed by atoms with E-state index in [-0.39, 0.29) is 5.78 Å². The summed E-state index contributed by atoms with van der Waals surface area (Å²) in [6, 6.07) is 18.3. The summed E-state index contributed by atoms with van der Waals surface area (Å²) < 4.78 is 5.73. The van der Waals surface area contributed by atoms with Crippen LogP contribution in [-0.4, -0.2) is 17.4 Å². The number of Topliss-reactive ketones (excluding diaryl/α,β-unsaturated/α-hetero) is 1. The molecule has 1 aliphatic heterocycles. The van der Waals surface area contributed by atoms with Gasteiger partial charge in [-0.05, 0) is 36.1 Å². The lowest BCUT2D eigenvalue weighted by Gasteiger charge is -2.17. The second-order valence-corrected chi connectivity index (χ2v) is 8.52. The molecule has 0 saturated carbocycles. The third-order valence-corrected chi connectivity index (χ3v) is 5.56. The Hall–Kier alpha value is -2.33. The molecule has 2 aromatic carbocycles. The summed E-state index contributed by atoms with van der Waals surface area (Å²) in [5, 5.41) is 0.910. The van der Waals surface area contributed by atoms with Gasteiger partial charge in [0.2, 0.25) is 0 Å². The van der Waals surface area contributed by atoms with Gasteiger partial charge >= 0.3 is 0 Å². The molecule has 3 rings (SSSR count). The highest BCUT2D eigenvalue weighted by molar-refractivity contribution is 8.13. The van der Waals surface area contributed by atoms with Crippen LogP contribution in [0.15, 0.2) is 70.9 Å². The molecular weight excluding hydrogens is 366 g/mol. The summed E-state index contributed by atoms with van der Waals surface area (Å²) in [5.41, 5.74) is 4.01. The van der Waals surface area contributed by atoms with Crippen LogP contribution < -0.4 is 4.74 Å². The van der Waals surface area contributed by atoms with Crippen LogP contribution in [0, 0.1) is 5.92 Å². The maximum Gasteiger partial charge on any atom is 0.167 e. The van der Waals surface area contributed by atoms with E-state index < -0.39 is 0 Å². The van der Waals surface area contributed by atoms with Crippen LogP contribution >= 0.6 is 11.8 Å². The van der Waals surface area contributed by atoms with Crippen LogP contribution in [-0.2, 0) is 17.0 Å². The van der Waals surface area contributed by atoms with E-state index in [0.717, 1.165) is 33.4 Å². The van der Waals surface area contributed by atoms with Crippen LogP contribution in [0.5, 0.6) is 5.75 Å². The van der Waals surface area contributed by atoms with E-state index in [1.165, 1.54) is 5.56 Å². The number of allylic oxidation sites excluding steroid dienone is 2. The molecule has 0 spiro atoms. The zero-order chi connectivity index (χ0) is 19.9. The largest absolute Gasteiger partial charge is 0.493 e. The summed E-state index contributed by atoms with van der Waals surface area (Å²) in [6.45, 7) is 6.91. The highest BCUT2D eigenvalue weighted by atomic mass is 32.2. The molecule has 1 heterocycles. The number of benzene rings is 2. The molecule has 4 heteroatoms. The Morgan fingerprint density at radius 2 is 1.75 bits per heavy atom. The van der Waals surface area contributed by atoms with Gasteiger partial charge in [0.15, 0.2) is 5.78 Å². The van der Waals surface area contributed by atoms with Crippen molar-refractivity contribution in [1.82, 2.24) is 0 Å². The van der Waals surface area contributed by atoms with E-state index in [2.05, 4.69) is 26.0 Å². The first-order valence-electron chi connectivity index (χ1n) is 9.70. The topological polar surface area (TPSA) is 38.7 Å². The van der Waals surface area contributed by atoms with Crippen molar-refractivity contribution in [2.45, 2.75) is 39.4 Å². The van der Waals surface area contributed by atoms with E-state index in [1.807, 2.05) is 49.4 Å². The summed E-state index contributed by atoms with van der Waals surface area (Å²) in [6.07, 6.45) is 1.02. The van der Waals surface area contributed by atoms with Gasteiger partial charge in [-0.25, -0.2) is 0 Å². The first kappa shape index (κ1) is 20.4. The molecule has 0 aliphatic carbocycles. The second kappa shape index (κ2) is 9.74. The molecule has 146 valence electrons. The van der Waals surface area contributed by atoms with Crippen LogP contribution in [0.4, 0.5) is 0 Å². The molecule has 0 amide bonds. The van der Waals surface area contributed by atoms with Gasteiger partial charge in [0, 0.05) is 23.4 Å². The fraction of sp³-hybridized carbons (Fsp3) is 0.333. The van der Waals surface area contributed by atoms with Gasteiger partial charge < -0.3 is 4.74 Å². The van der Waals surface area contributed by atoms with Gasteiger partial charge in [-0.1, -0.05) is 56.3 Å². The predicted octanol–water partition coefficient (Wildman–Crippen LogP) is 5.84. The van der Waals surface area contributed by atoms with E-state index in [1.54, 1.807) is 11.8 Å². The normalized spacial score (nSPS) is 14.4. The van der Waals surface area contributed by atoms with Gasteiger partial charge in [-0.2, -0.15) is 0 Å². The smallest absolute Gasteiger partial charge is 0.167 e. The zero-order valence-corrected chi connectivity index (χ0v) is 17.6. The predicted molar refractivity (Wildman–Crippen MR) is 118 cm³/mol. The minimum absolute atomic E-state index is 0.184. The third-order valence-electron chi connectivity index (χ3n) is 4.51. The minimum Gasteiger partial charge on any atom is -0.493 e. The molecule has 3 nitrogen and oxygen atoms in total. The molecule has 0 radical (unpaired) electrons. The van der Waals surface area contributed by atoms with Crippen molar-refractivity contribution in [1.29, 1.82) is 0 Å². The van der Waals surface area contributed by atoms with Crippen molar-refractivity contribution < 1.29 is 9.53 Å². The van der Waals surface area contributed by atoms with Gasteiger partial charge in [-0.15, -0.1) is 11.8 Å². The summed E-state index contributed by atoms with van der Waals surface area (Å²) >= 11 is 1.65. The Balaban J connectivity index is 1.63. The minimum atomic E-state index is 0.184. The Labute approximate surface area is 171 Å². The van der Waals surface area contributed by atoms with E-state index >= 15 is 0 Å². The third kappa shape index (κ3) is 5.83. The average Bonchev–Trinajstić information content (AvgIpc) is 2.69. The van der Waals surface area contributed by atoms with Crippen molar-refractivity contribution in [2.24, 2.45) is 10.9 Å². The van der Waals surface area contributed by atoms with Crippen molar-refractivity contribution in [2.75, 3.05) is 6.61 Å². The lowest BCUT2D eigenvalue weighted by Crippen LogP contribution is -2.16. The van der Waals surface area contributed by atoms with Crippen LogP contribution in [0.1, 0.15) is 38.3 Å². The quantitative estimate of drug-likeness (QED) is 0.593. The van der Waals surface area contributed by atoms with Gasteiger partial charge in [0.25, 0.3) is 0 Å². The number of carbonyl (C=O) groups is 1. The maximum absolute atomic E-state index is 12.7. The molecule has 1 aliphatic rings. The maximum atomic E-state index is 12.7. The molecule has 28 heavy (non-hydrogen) atoms. The van der Waals surface area contributed by atoms with Crippen molar-refractivity contribution in [3.63, 3.8) is 0 Å². The number of rotatable bonds is 7. The summed E-state index contributed by atoms with van der Waals surface area (Å²) in [5.74, 6) is 2.39. The molecule has 0 N–H and O–H groups in total. The van der Waals surface area contributed by atoms with E-state index in [4.69, 9.17) is 9.73 Å². The molecule has 0 saturated heterocycles. The Morgan fingerprint density at radius 1 is 1.04 bits per heavy atom. The summed E-state index contributed by atoms with van der Waals surface area (Å²) in [4.78, 5) is 17.4. The van der Waals surface area contributed by atoms with Crippen LogP contribution in [0.2, 0.25) is 0 Å². The van der Waals surface area contributed by atoms with Crippen LogP contribution in [0.25, 0.3) is 0 Å². The number of ketones is 1. The first-order valence-corrected chi connectivity index (χ1v) is 10.7. The lowest BCUT2D eigenvalue weighted by molar-refractivity contribution is -0.114. The molecule has 0 bridgehead atoms. The highest BCUT2D eigenvalue weighted by Gasteiger charge is 2.21. The molecule has 0 fully saturated rings. The summed E-state index contributed by atoms with van der Waals surface area (Å²) in [7, 11) is 0. The first-order chi connectivity index (χ1) is 13.5. The highest BCUT2D eigenvalue weighted by Crippen LogP contribution is 2.26. The fourth-order valence-corrected chi connectivity index (χ4v) is 3.92. The molecular formula is C24H27NO2S. The Kier molecular flexibility index (Phi) is 7.10. The second-order valence-electron chi connectivity index (χ2n) is 7.47.